The highest BCUT2D eigenvalue weighted by molar-refractivity contribution is 5.95. The molecule has 1 amide bonds. The molecule has 1 aromatic heterocycles. The van der Waals surface area contributed by atoms with Gasteiger partial charge in [-0.2, -0.15) is 0 Å². The fourth-order valence-electron chi connectivity index (χ4n) is 1.28. The minimum Gasteiger partial charge on any atom is -0.455 e. The number of primary amides is 1. The third-order valence-corrected chi connectivity index (χ3v) is 2.02. The van der Waals surface area contributed by atoms with Gasteiger partial charge in [0, 0.05) is 6.20 Å². The summed E-state index contributed by atoms with van der Waals surface area (Å²) in [7, 11) is 0. The van der Waals surface area contributed by atoms with Gasteiger partial charge in [0.25, 0.3) is 5.91 Å². The fourth-order valence-corrected chi connectivity index (χ4v) is 1.28. The van der Waals surface area contributed by atoms with Gasteiger partial charge in [-0.3, -0.25) is 9.78 Å². The summed E-state index contributed by atoms with van der Waals surface area (Å²) in [6, 6.07) is 10.7. The number of nitrogens with zero attached hydrogens (tertiary/aromatic N) is 1. The molecule has 16 heavy (non-hydrogen) atoms. The van der Waals surface area contributed by atoms with Crippen LogP contribution in [0.2, 0.25) is 0 Å². The molecule has 0 aliphatic heterocycles. The van der Waals surface area contributed by atoms with Crippen molar-refractivity contribution in [3.05, 3.63) is 54.4 Å². The highest BCUT2D eigenvalue weighted by Crippen LogP contribution is 2.23. The molecule has 0 bridgehead atoms. The lowest BCUT2D eigenvalue weighted by Crippen LogP contribution is -2.12. The average molecular weight is 214 g/mol. The molecule has 0 saturated heterocycles. The minimum atomic E-state index is -0.534. The second kappa shape index (κ2) is 4.44. The molecule has 0 unspecified atom stereocenters. The van der Waals surface area contributed by atoms with Crippen molar-refractivity contribution in [2.24, 2.45) is 5.73 Å². The molecule has 0 aliphatic rings. The second-order valence-electron chi connectivity index (χ2n) is 3.15. The quantitative estimate of drug-likeness (QED) is 0.849. The van der Waals surface area contributed by atoms with Crippen molar-refractivity contribution < 1.29 is 9.53 Å². The minimum absolute atomic E-state index is 0.318. The predicted molar refractivity (Wildman–Crippen MR) is 59.3 cm³/mol. The molecule has 0 fully saturated rings. The van der Waals surface area contributed by atoms with Crippen molar-refractivity contribution >= 4 is 5.91 Å². The number of nitrogens with two attached hydrogens (primary N) is 1. The largest absolute Gasteiger partial charge is 0.455 e. The normalized spacial score (nSPS) is 9.75. The first kappa shape index (κ1) is 10.2. The molecular weight excluding hydrogens is 204 g/mol. The van der Waals surface area contributed by atoms with Crippen molar-refractivity contribution in [1.82, 2.24) is 4.98 Å². The van der Waals surface area contributed by atoms with Gasteiger partial charge < -0.3 is 10.5 Å². The van der Waals surface area contributed by atoms with Crippen LogP contribution >= 0.6 is 0 Å². The summed E-state index contributed by atoms with van der Waals surface area (Å²) in [6.45, 7) is 0. The summed E-state index contributed by atoms with van der Waals surface area (Å²) >= 11 is 0. The zero-order valence-corrected chi connectivity index (χ0v) is 8.46. The second-order valence-corrected chi connectivity index (χ2v) is 3.15. The molecule has 4 nitrogen and oxygen atoms in total. The molecule has 1 heterocycles. The van der Waals surface area contributed by atoms with Crippen LogP contribution in [0.3, 0.4) is 0 Å². The first-order valence-electron chi connectivity index (χ1n) is 4.74. The summed E-state index contributed by atoms with van der Waals surface area (Å²) in [5.74, 6) is 0.465. The number of hydrogen-bond donors (Lipinski definition) is 1. The van der Waals surface area contributed by atoms with Gasteiger partial charge >= 0.3 is 0 Å². The van der Waals surface area contributed by atoms with Crippen LogP contribution in [0.25, 0.3) is 0 Å². The molecule has 0 aliphatic carbocycles. The number of benzene rings is 1. The molecule has 0 spiro atoms. The maximum absolute atomic E-state index is 11.1. The molecule has 1 aromatic carbocycles. The standard InChI is InChI=1S/C12H10N2O2/c13-12(15)10-6-7-14-8-11(10)16-9-4-2-1-3-5-9/h1-8H,(H2,13,15). The van der Waals surface area contributed by atoms with Crippen LogP contribution < -0.4 is 10.5 Å². The van der Waals surface area contributed by atoms with Gasteiger partial charge in [0.15, 0.2) is 5.75 Å². The van der Waals surface area contributed by atoms with Gasteiger partial charge in [0.1, 0.15) is 5.75 Å². The Morgan fingerprint density at radius 1 is 1.19 bits per heavy atom. The summed E-state index contributed by atoms with van der Waals surface area (Å²) in [5.41, 5.74) is 5.54. The van der Waals surface area contributed by atoms with E-state index in [1.807, 2.05) is 18.2 Å². The number of carbonyl (C=O) groups is 1. The summed E-state index contributed by atoms with van der Waals surface area (Å²) in [6.07, 6.45) is 2.96. The molecular formula is C12H10N2O2. The van der Waals surface area contributed by atoms with E-state index >= 15 is 0 Å². The van der Waals surface area contributed by atoms with E-state index in [0.717, 1.165) is 0 Å². The lowest BCUT2D eigenvalue weighted by molar-refractivity contribution is 0.0998. The maximum Gasteiger partial charge on any atom is 0.252 e. The topological polar surface area (TPSA) is 65.2 Å². The Kier molecular flexibility index (Phi) is 2.82. The zero-order valence-electron chi connectivity index (χ0n) is 8.46. The highest BCUT2D eigenvalue weighted by atomic mass is 16.5. The molecule has 4 heteroatoms. The Morgan fingerprint density at radius 2 is 1.94 bits per heavy atom. The molecule has 2 aromatic rings. The number of aromatic nitrogens is 1. The smallest absolute Gasteiger partial charge is 0.252 e. The summed E-state index contributed by atoms with van der Waals surface area (Å²) < 4.78 is 5.51. The van der Waals surface area contributed by atoms with Crippen LogP contribution in [0.5, 0.6) is 11.5 Å². The number of rotatable bonds is 3. The molecule has 80 valence electrons. The van der Waals surface area contributed by atoms with Crippen LogP contribution in [0.15, 0.2) is 48.8 Å². The third kappa shape index (κ3) is 2.17. The van der Waals surface area contributed by atoms with Gasteiger partial charge in [-0.05, 0) is 18.2 Å². The molecule has 0 radical (unpaired) electrons. The van der Waals surface area contributed by atoms with E-state index in [9.17, 15) is 4.79 Å². The number of hydrogen-bond acceptors (Lipinski definition) is 3. The number of carbonyl (C=O) groups excluding carboxylic acids is 1. The number of ether oxygens (including phenoxy) is 1. The lowest BCUT2D eigenvalue weighted by Gasteiger charge is -2.07. The molecule has 0 saturated carbocycles. The van der Waals surface area contributed by atoms with E-state index in [0.29, 0.717) is 17.1 Å². The van der Waals surface area contributed by atoms with E-state index < -0.39 is 5.91 Å². The summed E-state index contributed by atoms with van der Waals surface area (Å²) in [5, 5.41) is 0. The number of amides is 1. The van der Waals surface area contributed by atoms with E-state index in [4.69, 9.17) is 10.5 Å². The van der Waals surface area contributed by atoms with Crippen LogP contribution in [-0.4, -0.2) is 10.9 Å². The van der Waals surface area contributed by atoms with Gasteiger partial charge in [-0.1, -0.05) is 18.2 Å². The Bertz CT molecular complexity index is 497. The Balaban J connectivity index is 2.31. The molecule has 2 N–H and O–H groups in total. The first-order valence-corrected chi connectivity index (χ1v) is 4.74. The lowest BCUT2D eigenvalue weighted by atomic mass is 10.2. The van der Waals surface area contributed by atoms with Crippen LogP contribution in [0.4, 0.5) is 0 Å². The fraction of sp³-hybridized carbons (Fsp3) is 0. The molecule has 2 rings (SSSR count). The number of para-hydroxylation sites is 1. The van der Waals surface area contributed by atoms with Crippen LogP contribution in [-0.2, 0) is 0 Å². The third-order valence-electron chi connectivity index (χ3n) is 2.02. The zero-order chi connectivity index (χ0) is 11.4. The van der Waals surface area contributed by atoms with Crippen molar-refractivity contribution in [2.75, 3.05) is 0 Å². The monoisotopic (exact) mass is 214 g/mol. The maximum atomic E-state index is 11.1. The Morgan fingerprint density at radius 3 is 2.62 bits per heavy atom. The van der Waals surface area contributed by atoms with E-state index in [2.05, 4.69) is 4.98 Å². The predicted octanol–water partition coefficient (Wildman–Crippen LogP) is 1.97. The number of pyridine rings is 1. The van der Waals surface area contributed by atoms with Crippen molar-refractivity contribution in [3.63, 3.8) is 0 Å². The average Bonchev–Trinajstić information content (AvgIpc) is 2.31. The van der Waals surface area contributed by atoms with Gasteiger partial charge in [0.05, 0.1) is 11.8 Å². The van der Waals surface area contributed by atoms with Crippen molar-refractivity contribution in [2.45, 2.75) is 0 Å². The molecule has 0 atom stereocenters. The van der Waals surface area contributed by atoms with E-state index in [1.165, 1.54) is 18.5 Å². The van der Waals surface area contributed by atoms with Crippen molar-refractivity contribution in [1.29, 1.82) is 0 Å². The van der Waals surface area contributed by atoms with Gasteiger partial charge in [-0.15, -0.1) is 0 Å². The van der Waals surface area contributed by atoms with E-state index in [1.54, 1.807) is 12.1 Å². The van der Waals surface area contributed by atoms with Gasteiger partial charge in [-0.25, -0.2) is 0 Å². The highest BCUT2D eigenvalue weighted by Gasteiger charge is 2.09. The summed E-state index contributed by atoms with van der Waals surface area (Å²) in [4.78, 5) is 15.0. The Hall–Kier alpha value is -2.36. The van der Waals surface area contributed by atoms with Crippen molar-refractivity contribution in [3.8, 4) is 11.5 Å². The SMILES string of the molecule is NC(=O)c1ccncc1Oc1ccccc1. The van der Waals surface area contributed by atoms with Crippen LogP contribution in [0, 0.1) is 0 Å². The van der Waals surface area contributed by atoms with Crippen LogP contribution in [0.1, 0.15) is 10.4 Å². The first-order chi connectivity index (χ1) is 7.77. The van der Waals surface area contributed by atoms with Gasteiger partial charge in [0.2, 0.25) is 0 Å². The Labute approximate surface area is 92.7 Å². The van der Waals surface area contributed by atoms with E-state index in [-0.39, 0.29) is 0 Å².